The third-order valence-electron chi connectivity index (χ3n) is 3.57. The van der Waals surface area contributed by atoms with Gasteiger partial charge in [-0.15, -0.1) is 0 Å². The Morgan fingerprint density at radius 1 is 1.05 bits per heavy atom. The summed E-state index contributed by atoms with van der Waals surface area (Å²) < 4.78 is 5.19. The molecule has 0 aromatic heterocycles. The molecule has 0 aliphatic carbocycles. The molecule has 1 unspecified atom stereocenters. The third-order valence-corrected chi connectivity index (χ3v) is 3.57. The fourth-order valence-electron chi connectivity index (χ4n) is 2.42. The highest BCUT2D eigenvalue weighted by Crippen LogP contribution is 2.24. The number of carbonyl (C=O) groups is 1. The van der Waals surface area contributed by atoms with Crippen molar-refractivity contribution in [1.29, 1.82) is 0 Å². The first-order valence-corrected chi connectivity index (χ1v) is 7.60. The normalized spacial score (nSPS) is 12.0. The Hall–Kier alpha value is -2.29. The molecule has 0 bridgehead atoms. The lowest BCUT2D eigenvalue weighted by molar-refractivity contribution is 0.0932. The van der Waals surface area contributed by atoms with Gasteiger partial charge in [-0.2, -0.15) is 0 Å². The van der Waals surface area contributed by atoms with Gasteiger partial charge < -0.3 is 10.1 Å². The molecular formula is C19H23NO2. The zero-order chi connectivity index (χ0) is 15.9. The number of carbonyl (C=O) groups excluding carboxylic acids is 1. The molecule has 3 heteroatoms. The summed E-state index contributed by atoms with van der Waals surface area (Å²) in [6, 6.07) is 17.2. The summed E-state index contributed by atoms with van der Waals surface area (Å²) in [4.78, 5) is 12.4. The van der Waals surface area contributed by atoms with Crippen molar-refractivity contribution in [1.82, 2.24) is 5.32 Å². The number of nitrogens with one attached hydrogen (secondary N) is 1. The molecule has 0 radical (unpaired) electrons. The van der Waals surface area contributed by atoms with Crippen LogP contribution in [0.15, 0.2) is 54.6 Å². The predicted octanol–water partition coefficient (Wildman–Crippen LogP) is 4.21. The average Bonchev–Trinajstić information content (AvgIpc) is 2.54. The lowest BCUT2D eigenvalue weighted by Gasteiger charge is -2.21. The van der Waals surface area contributed by atoms with Gasteiger partial charge in [0, 0.05) is 5.56 Å². The highest BCUT2D eigenvalue weighted by Gasteiger charge is 2.17. The molecule has 0 aliphatic rings. The van der Waals surface area contributed by atoms with Crippen LogP contribution in [0.1, 0.15) is 42.2 Å². The monoisotopic (exact) mass is 297 g/mol. The molecule has 1 N–H and O–H groups in total. The van der Waals surface area contributed by atoms with Crippen molar-refractivity contribution in [2.45, 2.75) is 26.3 Å². The summed E-state index contributed by atoms with van der Waals surface area (Å²) in [5, 5.41) is 3.14. The molecule has 0 saturated carbocycles. The molecule has 1 atom stereocenters. The number of methoxy groups -OCH3 is 1. The van der Waals surface area contributed by atoms with Crippen molar-refractivity contribution in [3.05, 3.63) is 65.7 Å². The van der Waals surface area contributed by atoms with Crippen molar-refractivity contribution in [3.63, 3.8) is 0 Å². The van der Waals surface area contributed by atoms with Crippen LogP contribution in [0.4, 0.5) is 0 Å². The van der Waals surface area contributed by atoms with Gasteiger partial charge >= 0.3 is 0 Å². The molecule has 2 aromatic rings. The standard InChI is InChI=1S/C19H23NO2/c1-14(2)13-18(15-9-11-17(22-3)12-10-15)20-19(21)16-7-5-4-6-8-16/h4-12,14,18H,13H2,1-3H3,(H,20,21). The van der Waals surface area contributed by atoms with Gasteiger partial charge in [-0.1, -0.05) is 44.2 Å². The topological polar surface area (TPSA) is 38.3 Å². The van der Waals surface area contributed by atoms with Crippen LogP contribution in [-0.2, 0) is 0 Å². The van der Waals surface area contributed by atoms with Gasteiger partial charge in [0.1, 0.15) is 5.75 Å². The van der Waals surface area contributed by atoms with Crippen molar-refractivity contribution in [3.8, 4) is 5.75 Å². The van der Waals surface area contributed by atoms with Crippen molar-refractivity contribution >= 4 is 5.91 Å². The summed E-state index contributed by atoms with van der Waals surface area (Å²) in [5.74, 6) is 1.27. The van der Waals surface area contributed by atoms with Crippen LogP contribution in [0.2, 0.25) is 0 Å². The minimum atomic E-state index is -0.0398. The summed E-state index contributed by atoms with van der Waals surface area (Å²) in [7, 11) is 1.65. The van der Waals surface area contributed by atoms with E-state index < -0.39 is 0 Å². The van der Waals surface area contributed by atoms with E-state index in [0.29, 0.717) is 11.5 Å². The molecule has 0 saturated heterocycles. The van der Waals surface area contributed by atoms with E-state index in [0.717, 1.165) is 17.7 Å². The van der Waals surface area contributed by atoms with Crippen LogP contribution in [0.5, 0.6) is 5.75 Å². The predicted molar refractivity (Wildman–Crippen MR) is 89.1 cm³/mol. The van der Waals surface area contributed by atoms with Crippen LogP contribution in [0, 0.1) is 5.92 Å². The first kappa shape index (κ1) is 16.1. The van der Waals surface area contributed by atoms with E-state index in [1.165, 1.54) is 0 Å². The van der Waals surface area contributed by atoms with Gasteiger partial charge in [-0.3, -0.25) is 4.79 Å². The second-order valence-corrected chi connectivity index (χ2v) is 5.79. The van der Waals surface area contributed by atoms with Crippen LogP contribution in [-0.4, -0.2) is 13.0 Å². The Morgan fingerprint density at radius 2 is 1.68 bits per heavy atom. The smallest absolute Gasteiger partial charge is 0.251 e. The molecule has 22 heavy (non-hydrogen) atoms. The lowest BCUT2D eigenvalue weighted by Crippen LogP contribution is -2.29. The molecule has 3 nitrogen and oxygen atoms in total. The largest absolute Gasteiger partial charge is 0.497 e. The van der Waals surface area contributed by atoms with Gasteiger partial charge in [0.15, 0.2) is 0 Å². The van der Waals surface area contributed by atoms with E-state index >= 15 is 0 Å². The summed E-state index contributed by atoms with van der Waals surface area (Å²) >= 11 is 0. The van der Waals surface area contributed by atoms with Crippen LogP contribution in [0.25, 0.3) is 0 Å². The van der Waals surface area contributed by atoms with Gasteiger partial charge in [-0.25, -0.2) is 0 Å². The highest BCUT2D eigenvalue weighted by atomic mass is 16.5. The average molecular weight is 297 g/mol. The molecule has 0 spiro atoms. The molecule has 2 rings (SSSR count). The van der Waals surface area contributed by atoms with Crippen LogP contribution in [0.3, 0.4) is 0 Å². The molecule has 2 aromatic carbocycles. The zero-order valence-electron chi connectivity index (χ0n) is 13.4. The first-order chi connectivity index (χ1) is 10.6. The molecule has 1 amide bonds. The summed E-state index contributed by atoms with van der Waals surface area (Å²) in [5.41, 5.74) is 1.78. The number of hydrogen-bond acceptors (Lipinski definition) is 2. The first-order valence-electron chi connectivity index (χ1n) is 7.60. The minimum Gasteiger partial charge on any atom is -0.497 e. The van der Waals surface area contributed by atoms with E-state index in [1.807, 2.05) is 54.6 Å². The van der Waals surface area contributed by atoms with E-state index in [-0.39, 0.29) is 11.9 Å². The SMILES string of the molecule is COc1ccc(C(CC(C)C)NC(=O)c2ccccc2)cc1. The highest BCUT2D eigenvalue weighted by molar-refractivity contribution is 5.94. The Balaban J connectivity index is 2.16. The second kappa shape index (κ2) is 7.64. The lowest BCUT2D eigenvalue weighted by atomic mass is 9.96. The van der Waals surface area contributed by atoms with Gasteiger partial charge in [0.05, 0.1) is 13.2 Å². The van der Waals surface area contributed by atoms with Gasteiger partial charge in [-0.05, 0) is 42.2 Å². The van der Waals surface area contributed by atoms with E-state index in [4.69, 9.17) is 4.74 Å². The number of amides is 1. The van der Waals surface area contributed by atoms with Gasteiger partial charge in [0.25, 0.3) is 5.91 Å². The quantitative estimate of drug-likeness (QED) is 0.867. The van der Waals surface area contributed by atoms with Crippen molar-refractivity contribution in [2.24, 2.45) is 5.92 Å². The molecule has 116 valence electrons. The minimum absolute atomic E-state index is 0.00128. The Bertz CT molecular complexity index is 591. The van der Waals surface area contributed by atoms with E-state index in [9.17, 15) is 4.79 Å². The summed E-state index contributed by atoms with van der Waals surface area (Å²) in [6.07, 6.45) is 0.894. The Kier molecular flexibility index (Phi) is 5.59. The number of ether oxygens (including phenoxy) is 1. The van der Waals surface area contributed by atoms with Crippen molar-refractivity contribution in [2.75, 3.05) is 7.11 Å². The Labute approximate surface area is 132 Å². The molecule has 0 heterocycles. The molecule has 0 aliphatic heterocycles. The fraction of sp³-hybridized carbons (Fsp3) is 0.316. The number of hydrogen-bond donors (Lipinski definition) is 1. The third kappa shape index (κ3) is 4.35. The van der Waals surface area contributed by atoms with Crippen molar-refractivity contribution < 1.29 is 9.53 Å². The van der Waals surface area contributed by atoms with E-state index in [1.54, 1.807) is 7.11 Å². The number of rotatable bonds is 6. The Morgan fingerprint density at radius 3 is 2.23 bits per heavy atom. The van der Waals surface area contributed by atoms with Crippen LogP contribution < -0.4 is 10.1 Å². The molecular weight excluding hydrogens is 274 g/mol. The zero-order valence-corrected chi connectivity index (χ0v) is 13.4. The van der Waals surface area contributed by atoms with E-state index in [2.05, 4.69) is 19.2 Å². The maximum atomic E-state index is 12.4. The second-order valence-electron chi connectivity index (χ2n) is 5.79. The molecule has 0 fully saturated rings. The maximum Gasteiger partial charge on any atom is 0.251 e. The summed E-state index contributed by atoms with van der Waals surface area (Å²) in [6.45, 7) is 4.32. The fourth-order valence-corrected chi connectivity index (χ4v) is 2.42. The maximum absolute atomic E-state index is 12.4. The van der Waals surface area contributed by atoms with Gasteiger partial charge in [0.2, 0.25) is 0 Å². The number of benzene rings is 2. The van der Waals surface area contributed by atoms with Crippen LogP contribution >= 0.6 is 0 Å².